The lowest BCUT2D eigenvalue weighted by atomic mass is 10.1. The molecule has 6 heteroatoms. The van der Waals surface area contributed by atoms with Gasteiger partial charge >= 0.3 is 0 Å². The second-order valence-corrected chi connectivity index (χ2v) is 9.12. The first kappa shape index (κ1) is 17.5. The number of sulfonamides is 1. The van der Waals surface area contributed by atoms with Gasteiger partial charge in [0.15, 0.2) is 0 Å². The molecular weight excluding hydrogens is 340 g/mol. The molecule has 2 heterocycles. The highest BCUT2D eigenvalue weighted by atomic mass is 32.2. The van der Waals surface area contributed by atoms with Crippen LogP contribution in [-0.4, -0.2) is 30.0 Å². The normalized spacial score (nSPS) is 18.8. The molecule has 0 bridgehead atoms. The molecule has 4 nitrogen and oxygen atoms in total. The van der Waals surface area contributed by atoms with Gasteiger partial charge in [-0.25, -0.2) is 13.4 Å². The van der Waals surface area contributed by atoms with Crippen LogP contribution < -0.4 is 0 Å². The molecule has 1 fully saturated rings. The van der Waals surface area contributed by atoms with Gasteiger partial charge in [-0.2, -0.15) is 4.31 Å². The molecule has 1 atom stereocenters. The average molecular weight is 363 g/mol. The summed E-state index contributed by atoms with van der Waals surface area (Å²) in [6.45, 7) is 4.61. The highest BCUT2D eigenvalue weighted by molar-refractivity contribution is 7.99. The second kappa shape index (κ2) is 7.25. The molecule has 24 heavy (non-hydrogen) atoms. The summed E-state index contributed by atoms with van der Waals surface area (Å²) in [5.41, 5.74) is 2.03. The fourth-order valence-electron chi connectivity index (χ4n) is 3.03. The zero-order chi connectivity index (χ0) is 17.2. The van der Waals surface area contributed by atoms with Crippen molar-refractivity contribution < 1.29 is 8.42 Å². The van der Waals surface area contributed by atoms with Gasteiger partial charge in [0.1, 0.15) is 0 Å². The third-order valence-electron chi connectivity index (χ3n) is 4.27. The smallest absolute Gasteiger partial charge is 0.243 e. The Morgan fingerprint density at radius 3 is 2.58 bits per heavy atom. The van der Waals surface area contributed by atoms with Crippen LogP contribution in [0.1, 0.15) is 36.9 Å². The quantitative estimate of drug-likeness (QED) is 0.754. The van der Waals surface area contributed by atoms with Crippen molar-refractivity contribution in [3.8, 4) is 0 Å². The average Bonchev–Trinajstić information content (AvgIpc) is 3.07. The van der Waals surface area contributed by atoms with Gasteiger partial charge in [0.2, 0.25) is 10.0 Å². The van der Waals surface area contributed by atoms with Crippen LogP contribution in [0.5, 0.6) is 0 Å². The molecule has 2 aromatic rings. The predicted octanol–water partition coefficient (Wildman–Crippen LogP) is 4.03. The summed E-state index contributed by atoms with van der Waals surface area (Å²) < 4.78 is 27.6. The maximum atomic E-state index is 13.0. The molecule has 0 saturated carbocycles. The van der Waals surface area contributed by atoms with Gasteiger partial charge in [-0.05, 0) is 49.3 Å². The lowest BCUT2D eigenvalue weighted by molar-refractivity contribution is 0.396. The summed E-state index contributed by atoms with van der Waals surface area (Å²) in [7, 11) is -3.47. The number of aryl methyl sites for hydroxylation is 1. The minimum atomic E-state index is -3.47. The van der Waals surface area contributed by atoms with E-state index in [1.165, 1.54) is 0 Å². The zero-order valence-electron chi connectivity index (χ0n) is 14.0. The molecule has 1 aromatic heterocycles. The molecule has 0 amide bonds. The van der Waals surface area contributed by atoms with Crippen LogP contribution in [-0.2, 0) is 10.0 Å². The number of pyridine rings is 1. The summed E-state index contributed by atoms with van der Waals surface area (Å²) in [6.07, 6.45) is 3.54. The van der Waals surface area contributed by atoms with E-state index in [4.69, 9.17) is 0 Å². The summed E-state index contributed by atoms with van der Waals surface area (Å²) in [5.74, 6) is 0.976. The Balaban J connectivity index is 1.88. The van der Waals surface area contributed by atoms with Gasteiger partial charge in [0, 0.05) is 12.7 Å². The van der Waals surface area contributed by atoms with Gasteiger partial charge in [-0.1, -0.05) is 30.7 Å². The number of aromatic nitrogens is 1. The fourth-order valence-corrected chi connectivity index (χ4v) is 5.30. The van der Waals surface area contributed by atoms with E-state index >= 15 is 0 Å². The summed E-state index contributed by atoms with van der Waals surface area (Å²) in [4.78, 5) is 4.82. The van der Waals surface area contributed by atoms with Crippen LogP contribution >= 0.6 is 11.8 Å². The highest BCUT2D eigenvalue weighted by Crippen LogP contribution is 2.36. The van der Waals surface area contributed by atoms with Crippen LogP contribution in [0.25, 0.3) is 0 Å². The van der Waals surface area contributed by atoms with E-state index < -0.39 is 10.0 Å². The van der Waals surface area contributed by atoms with E-state index in [-0.39, 0.29) is 6.04 Å². The largest absolute Gasteiger partial charge is 0.250 e. The number of nitrogens with zero attached hydrogens (tertiary/aromatic N) is 2. The molecule has 0 N–H and O–H groups in total. The maximum Gasteiger partial charge on any atom is 0.243 e. The van der Waals surface area contributed by atoms with E-state index in [9.17, 15) is 8.42 Å². The monoisotopic (exact) mass is 362 g/mol. The Labute approximate surface area is 148 Å². The Morgan fingerprint density at radius 2 is 1.96 bits per heavy atom. The van der Waals surface area contributed by atoms with Gasteiger partial charge in [0.25, 0.3) is 0 Å². The Morgan fingerprint density at radius 1 is 1.21 bits per heavy atom. The molecule has 0 aliphatic carbocycles. The van der Waals surface area contributed by atoms with E-state index in [1.807, 2.05) is 37.4 Å². The summed E-state index contributed by atoms with van der Waals surface area (Å²) >= 11 is 1.69. The number of benzene rings is 1. The van der Waals surface area contributed by atoms with Gasteiger partial charge < -0.3 is 0 Å². The molecule has 3 rings (SSSR count). The lowest BCUT2D eigenvalue weighted by Crippen LogP contribution is -2.30. The first-order chi connectivity index (χ1) is 11.5. The molecule has 0 radical (unpaired) electrons. The second-order valence-electron chi connectivity index (χ2n) is 5.95. The van der Waals surface area contributed by atoms with Crippen molar-refractivity contribution in [1.82, 2.24) is 9.29 Å². The zero-order valence-corrected chi connectivity index (χ0v) is 15.6. The van der Waals surface area contributed by atoms with Crippen molar-refractivity contribution in [1.29, 1.82) is 0 Å². The van der Waals surface area contributed by atoms with E-state index in [0.717, 1.165) is 34.7 Å². The Bertz CT molecular complexity index is 787. The molecule has 1 aromatic carbocycles. The molecule has 1 saturated heterocycles. The number of thioether (sulfide) groups is 1. The van der Waals surface area contributed by atoms with Crippen molar-refractivity contribution in [3.63, 3.8) is 0 Å². The van der Waals surface area contributed by atoms with Crippen LogP contribution in [0.3, 0.4) is 0 Å². The Kier molecular flexibility index (Phi) is 5.27. The van der Waals surface area contributed by atoms with Crippen LogP contribution in [0.2, 0.25) is 0 Å². The minimum absolute atomic E-state index is 0.121. The van der Waals surface area contributed by atoms with Crippen molar-refractivity contribution in [2.24, 2.45) is 0 Å². The van der Waals surface area contributed by atoms with E-state index in [1.54, 1.807) is 28.2 Å². The van der Waals surface area contributed by atoms with E-state index in [0.29, 0.717) is 11.4 Å². The molecule has 128 valence electrons. The lowest BCUT2D eigenvalue weighted by Gasteiger charge is -2.24. The summed E-state index contributed by atoms with van der Waals surface area (Å²) in [6, 6.07) is 11.0. The van der Waals surface area contributed by atoms with E-state index in [2.05, 4.69) is 11.9 Å². The molecule has 0 spiro atoms. The van der Waals surface area contributed by atoms with Crippen molar-refractivity contribution in [3.05, 3.63) is 53.7 Å². The molecule has 1 aliphatic rings. The van der Waals surface area contributed by atoms with Crippen molar-refractivity contribution in [2.45, 2.75) is 42.7 Å². The number of hydrogen-bond acceptors (Lipinski definition) is 4. The van der Waals surface area contributed by atoms with Crippen LogP contribution in [0, 0.1) is 6.92 Å². The summed E-state index contributed by atoms with van der Waals surface area (Å²) in [5, 5.41) is 0.979. The third kappa shape index (κ3) is 3.50. The van der Waals surface area contributed by atoms with Crippen molar-refractivity contribution >= 4 is 21.8 Å². The van der Waals surface area contributed by atoms with Crippen molar-refractivity contribution in [2.75, 3.05) is 12.3 Å². The highest BCUT2D eigenvalue weighted by Gasteiger charge is 2.36. The topological polar surface area (TPSA) is 50.3 Å². The van der Waals surface area contributed by atoms with Gasteiger partial charge in [0.05, 0.1) is 16.0 Å². The van der Waals surface area contributed by atoms with Gasteiger partial charge in [-0.3, -0.25) is 0 Å². The first-order valence-electron chi connectivity index (χ1n) is 8.19. The van der Waals surface area contributed by atoms with Crippen LogP contribution in [0.4, 0.5) is 0 Å². The molecule has 1 aliphatic heterocycles. The number of hydrogen-bond donors (Lipinski definition) is 0. The predicted molar refractivity (Wildman–Crippen MR) is 97.7 cm³/mol. The molecule has 1 unspecified atom stereocenters. The Hall–Kier alpha value is -1.37. The van der Waals surface area contributed by atoms with Crippen LogP contribution in [0.15, 0.2) is 52.5 Å². The SMILES string of the molecule is CCSc1ccc(C2CCCN2S(=O)(=O)c2ccc(C)cc2)cn1. The standard InChI is InChI=1S/C18H22N2O2S2/c1-3-23-18-11-8-15(13-19-18)17-5-4-12-20(17)24(21,22)16-9-6-14(2)7-10-16/h6-11,13,17H,3-5,12H2,1-2H3. The third-order valence-corrected chi connectivity index (χ3v) is 7.02. The molecular formula is C18H22N2O2S2. The number of rotatable bonds is 5. The first-order valence-corrected chi connectivity index (χ1v) is 10.6. The maximum absolute atomic E-state index is 13.0. The van der Waals surface area contributed by atoms with Gasteiger partial charge in [-0.15, -0.1) is 11.8 Å². The fraction of sp³-hybridized carbons (Fsp3) is 0.389. The minimum Gasteiger partial charge on any atom is -0.250 e.